The Balaban J connectivity index is 0.000000284. The Bertz CT molecular complexity index is 418. The summed E-state index contributed by atoms with van der Waals surface area (Å²) in [6, 6.07) is 12.3. The summed E-state index contributed by atoms with van der Waals surface area (Å²) < 4.78 is 8.51. The average molecular weight is 285 g/mol. The summed E-state index contributed by atoms with van der Waals surface area (Å²) in [7, 11) is -1.17. The molecule has 0 bridgehead atoms. The number of phenolic OH excluding ortho intramolecular Hbond substituents is 4. The van der Waals surface area contributed by atoms with Crippen LogP contribution in [-0.4, -0.2) is 25.3 Å². The highest BCUT2D eigenvalue weighted by atomic mass is 31.1. The van der Waals surface area contributed by atoms with E-state index in [-0.39, 0.29) is 23.0 Å². The van der Waals surface area contributed by atoms with Crippen LogP contribution in [0.2, 0.25) is 0 Å². The van der Waals surface area contributed by atoms with Crippen molar-refractivity contribution >= 4 is 8.69 Å². The number of aromatic hydroxyl groups is 4. The number of rotatable bonds is 0. The van der Waals surface area contributed by atoms with Crippen molar-refractivity contribution in [2.45, 2.75) is 0 Å². The van der Waals surface area contributed by atoms with E-state index >= 15 is 0 Å². The lowest BCUT2D eigenvalue weighted by atomic mass is 10.3. The van der Waals surface area contributed by atoms with Crippen molar-refractivity contribution in [2.24, 2.45) is 0 Å². The van der Waals surface area contributed by atoms with Crippen LogP contribution in [0.1, 0.15) is 0 Å². The summed E-state index contributed by atoms with van der Waals surface area (Å²) in [6.07, 6.45) is 0. The predicted octanol–water partition coefficient (Wildman–Crippen LogP) is 2.11. The first-order valence-corrected chi connectivity index (χ1v) is 5.83. The van der Waals surface area contributed by atoms with Crippen LogP contribution in [0.4, 0.5) is 0 Å². The monoisotopic (exact) mass is 285 g/mol. The highest BCUT2D eigenvalue weighted by Gasteiger charge is 1.91. The van der Waals surface area contributed by atoms with E-state index in [1.54, 1.807) is 24.3 Å². The molecule has 0 aliphatic carbocycles. The van der Waals surface area contributed by atoms with Gasteiger partial charge in [0.25, 0.3) is 0 Å². The fourth-order valence-electron chi connectivity index (χ4n) is 0.928. The molecular formula is C12H14O6P+. The minimum absolute atomic E-state index is 0.0764. The lowest BCUT2D eigenvalue weighted by molar-refractivity contribution is 0.404. The summed E-state index contributed by atoms with van der Waals surface area (Å²) in [6.45, 7) is 0. The van der Waals surface area contributed by atoms with Crippen molar-refractivity contribution < 1.29 is 29.9 Å². The second-order valence-electron chi connectivity index (χ2n) is 3.07. The third-order valence-corrected chi connectivity index (χ3v) is 1.76. The molecule has 0 aromatic heterocycles. The van der Waals surface area contributed by atoms with Crippen molar-refractivity contribution in [1.82, 2.24) is 0 Å². The number of benzene rings is 2. The number of para-hydroxylation sites is 4. The quantitative estimate of drug-likeness (QED) is 0.374. The second-order valence-corrected chi connectivity index (χ2v) is 3.25. The van der Waals surface area contributed by atoms with Gasteiger partial charge in [0, 0.05) is 0 Å². The maximum absolute atomic E-state index is 8.67. The molecule has 1 unspecified atom stereocenters. The molecule has 0 amide bonds. The van der Waals surface area contributed by atoms with Crippen molar-refractivity contribution in [3.8, 4) is 23.0 Å². The van der Waals surface area contributed by atoms with Gasteiger partial charge in [0.05, 0.1) is 0 Å². The van der Waals surface area contributed by atoms with E-state index in [0.29, 0.717) is 0 Å². The molecule has 1 atom stereocenters. The molecule has 0 aliphatic rings. The zero-order chi connectivity index (χ0) is 14.7. The minimum atomic E-state index is -1.17. The molecule has 0 saturated heterocycles. The van der Waals surface area contributed by atoms with E-state index in [9.17, 15) is 0 Å². The normalized spacial score (nSPS) is 8.68. The van der Waals surface area contributed by atoms with Crippen LogP contribution in [0, 0.1) is 0 Å². The van der Waals surface area contributed by atoms with Gasteiger partial charge in [0.1, 0.15) is 0 Å². The molecule has 102 valence electrons. The van der Waals surface area contributed by atoms with Crippen LogP contribution >= 0.6 is 8.69 Å². The van der Waals surface area contributed by atoms with E-state index < -0.39 is 8.69 Å². The van der Waals surface area contributed by atoms with Gasteiger partial charge in [-0.2, -0.15) is 4.89 Å². The van der Waals surface area contributed by atoms with Gasteiger partial charge in [-0.1, -0.05) is 24.3 Å². The molecule has 0 radical (unpaired) electrons. The summed E-state index contributed by atoms with van der Waals surface area (Å²) in [5, 5.41) is 34.7. The van der Waals surface area contributed by atoms with E-state index in [4.69, 9.17) is 29.9 Å². The van der Waals surface area contributed by atoms with Crippen molar-refractivity contribution in [2.75, 3.05) is 0 Å². The Kier molecular flexibility index (Phi) is 8.53. The lowest BCUT2D eigenvalue weighted by Crippen LogP contribution is -1.63. The van der Waals surface area contributed by atoms with Gasteiger partial charge >= 0.3 is 8.69 Å². The van der Waals surface area contributed by atoms with Gasteiger partial charge in [0.2, 0.25) is 0 Å². The molecule has 5 N–H and O–H groups in total. The van der Waals surface area contributed by atoms with Crippen LogP contribution in [0.25, 0.3) is 0 Å². The molecule has 0 saturated carbocycles. The van der Waals surface area contributed by atoms with E-state index in [1.165, 1.54) is 24.3 Å². The third kappa shape index (κ3) is 7.59. The molecule has 0 aliphatic heterocycles. The Hall–Kier alpha value is -2.30. The summed E-state index contributed by atoms with van der Waals surface area (Å²) in [4.78, 5) is 7.04. The molecule has 0 heterocycles. The fraction of sp³-hybridized carbons (Fsp3) is 0. The summed E-state index contributed by atoms with van der Waals surface area (Å²) in [5.74, 6) is -0.306. The molecule has 19 heavy (non-hydrogen) atoms. The molecular weight excluding hydrogens is 271 g/mol. The highest BCUT2D eigenvalue weighted by molar-refractivity contribution is 7.16. The Morgan fingerprint density at radius 1 is 0.632 bits per heavy atom. The Labute approximate surface area is 111 Å². The van der Waals surface area contributed by atoms with Gasteiger partial charge in [-0.15, -0.1) is 0 Å². The van der Waals surface area contributed by atoms with Gasteiger partial charge in [-0.3, -0.25) is 0 Å². The van der Waals surface area contributed by atoms with E-state index in [2.05, 4.69) is 0 Å². The molecule has 2 aromatic carbocycles. The van der Waals surface area contributed by atoms with Crippen molar-refractivity contribution in [3.63, 3.8) is 0 Å². The number of phenols is 4. The van der Waals surface area contributed by atoms with Gasteiger partial charge < -0.3 is 20.4 Å². The van der Waals surface area contributed by atoms with Crippen LogP contribution < -0.4 is 0 Å². The first-order chi connectivity index (χ1) is 9.02. The third-order valence-electron chi connectivity index (χ3n) is 1.76. The molecule has 7 heteroatoms. The first kappa shape index (κ1) is 16.7. The van der Waals surface area contributed by atoms with Gasteiger partial charge in [-0.25, -0.2) is 0 Å². The van der Waals surface area contributed by atoms with Crippen LogP contribution in [0.15, 0.2) is 48.5 Å². The predicted molar refractivity (Wildman–Crippen MR) is 70.8 cm³/mol. The van der Waals surface area contributed by atoms with Crippen LogP contribution in [-0.2, 0) is 4.57 Å². The zero-order valence-corrected chi connectivity index (χ0v) is 10.8. The fourth-order valence-corrected chi connectivity index (χ4v) is 0.928. The smallest absolute Gasteiger partial charge is 0.491 e. The Morgan fingerprint density at radius 2 is 0.789 bits per heavy atom. The Morgan fingerprint density at radius 3 is 0.895 bits per heavy atom. The van der Waals surface area contributed by atoms with Crippen molar-refractivity contribution in [1.29, 1.82) is 0 Å². The highest BCUT2D eigenvalue weighted by Crippen LogP contribution is 2.21. The van der Waals surface area contributed by atoms with Gasteiger partial charge in [0.15, 0.2) is 23.0 Å². The molecule has 0 fully saturated rings. The molecule has 0 spiro atoms. The lowest BCUT2D eigenvalue weighted by Gasteiger charge is -1.91. The summed E-state index contributed by atoms with van der Waals surface area (Å²) in [5.41, 5.74) is 0. The van der Waals surface area contributed by atoms with Crippen LogP contribution in [0.5, 0.6) is 23.0 Å². The van der Waals surface area contributed by atoms with E-state index in [0.717, 1.165) is 0 Å². The topological polar surface area (TPSA) is 118 Å². The SMILES string of the molecule is O=[PH+]O.Oc1ccccc1O.Oc1ccccc1O. The van der Waals surface area contributed by atoms with E-state index in [1.807, 2.05) is 0 Å². The zero-order valence-electron chi connectivity index (χ0n) is 9.76. The van der Waals surface area contributed by atoms with Crippen LogP contribution in [0.3, 0.4) is 0 Å². The van der Waals surface area contributed by atoms with Crippen molar-refractivity contribution in [3.05, 3.63) is 48.5 Å². The molecule has 6 nitrogen and oxygen atoms in total. The standard InChI is InChI=1S/2C6H6O2.HO2P/c2*7-5-3-1-2-4-6(5)8;1-3-2/h2*1-4,7-8H;3H/p+1. The molecule has 2 aromatic rings. The average Bonchev–Trinajstić information content (AvgIpc) is 2.38. The number of hydrogen-bond acceptors (Lipinski definition) is 5. The maximum atomic E-state index is 8.67. The second kappa shape index (κ2) is 9.70. The maximum Gasteiger partial charge on any atom is 0.491 e. The molecule has 2 rings (SSSR count). The summed E-state index contributed by atoms with van der Waals surface area (Å²) >= 11 is 0. The first-order valence-electron chi connectivity index (χ1n) is 4.98. The number of hydrogen-bond donors (Lipinski definition) is 5. The minimum Gasteiger partial charge on any atom is -0.504 e. The van der Waals surface area contributed by atoms with Gasteiger partial charge in [-0.05, 0) is 28.8 Å². The largest absolute Gasteiger partial charge is 0.504 e.